The fraction of sp³-hybridized carbons (Fsp3) is 1.00. The zero-order chi connectivity index (χ0) is 11.9. The van der Waals surface area contributed by atoms with Crippen LogP contribution in [0.2, 0.25) is 0 Å². The summed E-state index contributed by atoms with van der Waals surface area (Å²) < 4.78 is 39.6. The third-order valence-corrected chi connectivity index (χ3v) is 2.23. The van der Waals surface area contributed by atoms with Gasteiger partial charge in [0.1, 0.15) is 6.61 Å². The van der Waals surface area contributed by atoms with Crippen LogP contribution < -0.4 is 5.73 Å². The summed E-state index contributed by atoms with van der Waals surface area (Å²) in [5, 5.41) is 0. The Labute approximate surface area is 89.0 Å². The molecular formula is C10H20F3NO. The molecule has 15 heavy (non-hydrogen) atoms. The number of nitrogens with two attached hydrogens (primary N) is 1. The summed E-state index contributed by atoms with van der Waals surface area (Å²) in [5.41, 5.74) is 5.52. The monoisotopic (exact) mass is 227 g/mol. The first-order valence-electron chi connectivity index (χ1n) is 5.11. The van der Waals surface area contributed by atoms with Crippen LogP contribution in [0, 0.1) is 5.41 Å². The minimum atomic E-state index is -4.22. The van der Waals surface area contributed by atoms with Gasteiger partial charge in [-0.3, -0.25) is 0 Å². The SMILES string of the molecule is CC(C)(CCN)CCCOCC(F)(F)F. The van der Waals surface area contributed by atoms with Crippen LogP contribution in [0.4, 0.5) is 13.2 Å². The Kier molecular flexibility index (Phi) is 6.20. The van der Waals surface area contributed by atoms with Crippen LogP contribution in [0.15, 0.2) is 0 Å². The van der Waals surface area contributed by atoms with Crippen molar-refractivity contribution in [3.63, 3.8) is 0 Å². The van der Waals surface area contributed by atoms with Crippen LogP contribution in [0.5, 0.6) is 0 Å². The number of ether oxygens (including phenoxy) is 1. The van der Waals surface area contributed by atoms with Crippen LogP contribution in [0.1, 0.15) is 33.1 Å². The maximum Gasteiger partial charge on any atom is 0.411 e. The molecule has 0 aromatic heterocycles. The molecule has 0 heterocycles. The summed E-state index contributed by atoms with van der Waals surface area (Å²) in [6.07, 6.45) is -1.86. The molecule has 0 aromatic rings. The van der Waals surface area contributed by atoms with Crippen LogP contribution >= 0.6 is 0 Å². The zero-order valence-corrected chi connectivity index (χ0v) is 9.36. The Morgan fingerprint density at radius 3 is 2.20 bits per heavy atom. The number of hydrogen-bond donors (Lipinski definition) is 1. The van der Waals surface area contributed by atoms with Crippen molar-refractivity contribution in [2.75, 3.05) is 19.8 Å². The van der Waals surface area contributed by atoms with Gasteiger partial charge in [-0.05, 0) is 31.2 Å². The highest BCUT2D eigenvalue weighted by Crippen LogP contribution is 2.25. The quantitative estimate of drug-likeness (QED) is 0.679. The molecule has 0 aliphatic rings. The van der Waals surface area contributed by atoms with E-state index in [0.717, 1.165) is 12.8 Å². The standard InChI is InChI=1S/C10H20F3NO/c1-9(2,5-6-14)4-3-7-15-8-10(11,12)13/h3-8,14H2,1-2H3. The highest BCUT2D eigenvalue weighted by atomic mass is 19.4. The fourth-order valence-electron chi connectivity index (χ4n) is 1.36. The smallest absolute Gasteiger partial charge is 0.372 e. The Hall–Kier alpha value is -0.290. The van der Waals surface area contributed by atoms with Gasteiger partial charge in [-0.2, -0.15) is 13.2 Å². The van der Waals surface area contributed by atoms with Crippen molar-refractivity contribution < 1.29 is 17.9 Å². The van der Waals surface area contributed by atoms with E-state index >= 15 is 0 Å². The van der Waals surface area contributed by atoms with Crippen molar-refractivity contribution in [2.45, 2.75) is 39.3 Å². The summed E-state index contributed by atoms with van der Waals surface area (Å²) in [5.74, 6) is 0. The number of alkyl halides is 3. The van der Waals surface area contributed by atoms with Crippen LogP contribution in [-0.2, 0) is 4.74 Å². The van der Waals surface area contributed by atoms with Crippen molar-refractivity contribution in [3.05, 3.63) is 0 Å². The minimum Gasteiger partial charge on any atom is -0.372 e. The van der Waals surface area contributed by atoms with E-state index in [1.165, 1.54) is 0 Å². The molecule has 0 spiro atoms. The second kappa shape index (κ2) is 6.33. The molecule has 0 bridgehead atoms. The average Bonchev–Trinajstić information content (AvgIpc) is 2.00. The van der Waals surface area contributed by atoms with Crippen molar-refractivity contribution in [1.29, 1.82) is 0 Å². The molecule has 0 aromatic carbocycles. The molecule has 0 atom stereocenters. The predicted molar refractivity (Wildman–Crippen MR) is 53.6 cm³/mol. The lowest BCUT2D eigenvalue weighted by Gasteiger charge is -2.23. The summed E-state index contributed by atoms with van der Waals surface area (Å²) in [6, 6.07) is 0. The zero-order valence-electron chi connectivity index (χ0n) is 9.36. The normalized spacial score (nSPS) is 13.2. The van der Waals surface area contributed by atoms with Gasteiger partial charge in [0.25, 0.3) is 0 Å². The van der Waals surface area contributed by atoms with E-state index in [-0.39, 0.29) is 12.0 Å². The van der Waals surface area contributed by atoms with Crippen molar-refractivity contribution in [1.82, 2.24) is 0 Å². The minimum absolute atomic E-state index is 0.0936. The Balaban J connectivity index is 3.46. The van der Waals surface area contributed by atoms with Gasteiger partial charge in [0.2, 0.25) is 0 Å². The van der Waals surface area contributed by atoms with Gasteiger partial charge in [-0.1, -0.05) is 13.8 Å². The average molecular weight is 227 g/mol. The van der Waals surface area contributed by atoms with E-state index in [0.29, 0.717) is 13.0 Å². The maximum atomic E-state index is 11.7. The lowest BCUT2D eigenvalue weighted by atomic mass is 9.84. The van der Waals surface area contributed by atoms with Crippen LogP contribution in [-0.4, -0.2) is 25.9 Å². The van der Waals surface area contributed by atoms with Crippen molar-refractivity contribution >= 4 is 0 Å². The molecule has 0 saturated heterocycles. The highest BCUT2D eigenvalue weighted by Gasteiger charge is 2.27. The topological polar surface area (TPSA) is 35.2 Å². The number of rotatable bonds is 7. The molecule has 0 fully saturated rings. The summed E-state index contributed by atoms with van der Waals surface area (Å²) in [7, 11) is 0. The molecule has 2 nitrogen and oxygen atoms in total. The van der Waals surface area contributed by atoms with Gasteiger partial charge < -0.3 is 10.5 Å². The third kappa shape index (κ3) is 10.0. The lowest BCUT2D eigenvalue weighted by Crippen LogP contribution is -2.20. The Morgan fingerprint density at radius 1 is 1.13 bits per heavy atom. The van der Waals surface area contributed by atoms with Gasteiger partial charge >= 0.3 is 6.18 Å². The molecule has 2 N–H and O–H groups in total. The Morgan fingerprint density at radius 2 is 1.73 bits per heavy atom. The molecule has 0 radical (unpaired) electrons. The predicted octanol–water partition coefficient (Wildman–Crippen LogP) is 2.72. The van der Waals surface area contributed by atoms with E-state index in [1.54, 1.807) is 0 Å². The van der Waals surface area contributed by atoms with Crippen LogP contribution in [0.3, 0.4) is 0 Å². The van der Waals surface area contributed by atoms with Gasteiger partial charge in [-0.15, -0.1) is 0 Å². The first-order valence-corrected chi connectivity index (χ1v) is 5.11. The van der Waals surface area contributed by atoms with E-state index in [2.05, 4.69) is 18.6 Å². The van der Waals surface area contributed by atoms with Crippen molar-refractivity contribution in [2.24, 2.45) is 11.1 Å². The second-order valence-electron chi connectivity index (χ2n) is 4.47. The van der Waals surface area contributed by atoms with E-state index in [4.69, 9.17) is 5.73 Å². The molecule has 5 heteroatoms. The molecule has 0 amide bonds. The molecule has 92 valence electrons. The molecular weight excluding hydrogens is 207 g/mol. The van der Waals surface area contributed by atoms with E-state index < -0.39 is 12.8 Å². The summed E-state index contributed by atoms with van der Waals surface area (Å²) >= 11 is 0. The van der Waals surface area contributed by atoms with E-state index in [9.17, 15) is 13.2 Å². The fourth-order valence-corrected chi connectivity index (χ4v) is 1.36. The number of halogens is 3. The number of hydrogen-bond acceptors (Lipinski definition) is 2. The van der Waals surface area contributed by atoms with Crippen molar-refractivity contribution in [3.8, 4) is 0 Å². The van der Waals surface area contributed by atoms with Crippen LogP contribution in [0.25, 0.3) is 0 Å². The molecule has 0 aliphatic heterocycles. The summed E-state index contributed by atoms with van der Waals surface area (Å²) in [6.45, 7) is 3.74. The molecule has 0 aliphatic carbocycles. The van der Waals surface area contributed by atoms with Gasteiger partial charge in [0.15, 0.2) is 0 Å². The summed E-state index contributed by atoms with van der Waals surface area (Å²) in [4.78, 5) is 0. The van der Waals surface area contributed by atoms with Gasteiger partial charge in [0, 0.05) is 6.61 Å². The maximum absolute atomic E-state index is 11.7. The van der Waals surface area contributed by atoms with Gasteiger partial charge in [-0.25, -0.2) is 0 Å². The molecule has 0 rings (SSSR count). The lowest BCUT2D eigenvalue weighted by molar-refractivity contribution is -0.174. The molecule has 0 saturated carbocycles. The van der Waals surface area contributed by atoms with Gasteiger partial charge in [0.05, 0.1) is 0 Å². The third-order valence-electron chi connectivity index (χ3n) is 2.23. The first kappa shape index (κ1) is 14.7. The molecule has 0 unspecified atom stereocenters. The first-order chi connectivity index (χ1) is 6.77. The second-order valence-corrected chi connectivity index (χ2v) is 4.47. The highest BCUT2D eigenvalue weighted by molar-refractivity contribution is 4.68. The Bertz CT molecular complexity index is 169. The van der Waals surface area contributed by atoms with E-state index in [1.807, 2.05) is 0 Å². The largest absolute Gasteiger partial charge is 0.411 e.